The summed E-state index contributed by atoms with van der Waals surface area (Å²) in [6, 6.07) is 13.2. The molecule has 3 rings (SSSR count). The number of nitrogens with one attached hydrogen (secondary N) is 1. The van der Waals surface area contributed by atoms with E-state index in [4.69, 9.17) is 4.74 Å². The minimum absolute atomic E-state index is 0.0447. The molecular weight excluding hydrogens is 304 g/mol. The first-order valence-electron chi connectivity index (χ1n) is 7.89. The molecule has 1 unspecified atom stereocenters. The average Bonchev–Trinajstić information content (AvgIpc) is 2.52. The predicted octanol–water partition coefficient (Wildman–Crippen LogP) is 3.06. The van der Waals surface area contributed by atoms with E-state index in [1.807, 2.05) is 56.3 Å². The number of hydrogen-bond donors (Lipinski definition) is 1. The Balaban J connectivity index is 1.82. The van der Waals surface area contributed by atoms with Crippen molar-refractivity contribution in [3.63, 3.8) is 0 Å². The third-order valence-electron chi connectivity index (χ3n) is 3.93. The number of rotatable bonds is 3. The van der Waals surface area contributed by atoms with Gasteiger partial charge in [0.2, 0.25) is 5.91 Å². The molecule has 1 atom stereocenters. The molecule has 0 spiro atoms. The molecule has 1 aliphatic heterocycles. The van der Waals surface area contributed by atoms with E-state index in [2.05, 4.69) is 5.32 Å². The minimum Gasteiger partial charge on any atom is -0.479 e. The van der Waals surface area contributed by atoms with E-state index in [1.165, 1.54) is 4.90 Å². The lowest BCUT2D eigenvalue weighted by Crippen LogP contribution is -2.47. The standard InChI is InChI=1S/C19H20N2O3/c1-12-5-4-6-15(9-12)20-18(22)11-21-16-10-13(2)7-8-17(16)24-14(3)19(21)23/h4-10,14H,11H2,1-3H3,(H,20,22). The van der Waals surface area contributed by atoms with Crippen LogP contribution in [0.25, 0.3) is 0 Å². The monoisotopic (exact) mass is 324 g/mol. The molecule has 0 saturated heterocycles. The molecule has 1 N–H and O–H groups in total. The van der Waals surface area contributed by atoms with E-state index >= 15 is 0 Å². The first-order valence-corrected chi connectivity index (χ1v) is 7.89. The Kier molecular flexibility index (Phi) is 4.25. The van der Waals surface area contributed by atoms with Crippen LogP contribution in [0.2, 0.25) is 0 Å². The lowest BCUT2D eigenvalue weighted by atomic mass is 10.1. The highest BCUT2D eigenvalue weighted by Gasteiger charge is 2.32. The maximum absolute atomic E-state index is 12.5. The van der Waals surface area contributed by atoms with Crippen LogP contribution in [-0.2, 0) is 9.59 Å². The largest absolute Gasteiger partial charge is 0.479 e. The van der Waals surface area contributed by atoms with Crippen LogP contribution in [-0.4, -0.2) is 24.5 Å². The van der Waals surface area contributed by atoms with Gasteiger partial charge in [0, 0.05) is 5.69 Å². The van der Waals surface area contributed by atoms with E-state index < -0.39 is 6.10 Å². The number of benzene rings is 2. The van der Waals surface area contributed by atoms with Gasteiger partial charge in [-0.25, -0.2) is 0 Å². The van der Waals surface area contributed by atoms with Crippen LogP contribution in [0.5, 0.6) is 5.75 Å². The third-order valence-corrected chi connectivity index (χ3v) is 3.93. The number of aryl methyl sites for hydroxylation is 2. The van der Waals surface area contributed by atoms with Gasteiger partial charge in [0.05, 0.1) is 5.69 Å². The number of carbonyl (C=O) groups excluding carboxylic acids is 2. The Morgan fingerprint density at radius 3 is 2.67 bits per heavy atom. The molecule has 5 heteroatoms. The Hall–Kier alpha value is -2.82. The van der Waals surface area contributed by atoms with Gasteiger partial charge in [0.15, 0.2) is 6.10 Å². The maximum atomic E-state index is 12.5. The fraction of sp³-hybridized carbons (Fsp3) is 0.263. The zero-order chi connectivity index (χ0) is 17.3. The van der Waals surface area contributed by atoms with Gasteiger partial charge in [0.25, 0.3) is 5.91 Å². The Morgan fingerprint density at radius 2 is 1.92 bits per heavy atom. The second kappa shape index (κ2) is 6.35. The molecule has 0 radical (unpaired) electrons. The third kappa shape index (κ3) is 3.25. The van der Waals surface area contributed by atoms with Crippen molar-refractivity contribution in [2.24, 2.45) is 0 Å². The molecule has 124 valence electrons. The highest BCUT2D eigenvalue weighted by molar-refractivity contribution is 6.06. The quantitative estimate of drug-likeness (QED) is 0.944. The summed E-state index contributed by atoms with van der Waals surface area (Å²) < 4.78 is 5.62. The molecule has 0 saturated carbocycles. The van der Waals surface area contributed by atoms with Gasteiger partial charge < -0.3 is 10.1 Å². The summed E-state index contributed by atoms with van der Waals surface area (Å²) in [6.45, 7) is 5.54. The van der Waals surface area contributed by atoms with Crippen molar-refractivity contribution in [1.29, 1.82) is 0 Å². The van der Waals surface area contributed by atoms with Gasteiger partial charge >= 0.3 is 0 Å². The lowest BCUT2D eigenvalue weighted by molar-refractivity contribution is -0.127. The van der Waals surface area contributed by atoms with Crippen molar-refractivity contribution >= 4 is 23.2 Å². The van der Waals surface area contributed by atoms with Crippen LogP contribution >= 0.6 is 0 Å². The highest BCUT2D eigenvalue weighted by atomic mass is 16.5. The number of carbonyl (C=O) groups is 2. The van der Waals surface area contributed by atoms with E-state index in [0.29, 0.717) is 11.4 Å². The summed E-state index contributed by atoms with van der Waals surface area (Å²) in [7, 11) is 0. The van der Waals surface area contributed by atoms with Crippen LogP contribution in [0, 0.1) is 13.8 Å². The summed E-state index contributed by atoms with van der Waals surface area (Å²) in [5.41, 5.74) is 3.42. The molecule has 2 aromatic rings. The molecule has 24 heavy (non-hydrogen) atoms. The van der Waals surface area contributed by atoms with Gasteiger partial charge in [-0.3, -0.25) is 14.5 Å². The van der Waals surface area contributed by atoms with Gasteiger partial charge in [-0.2, -0.15) is 0 Å². The van der Waals surface area contributed by atoms with E-state index in [0.717, 1.165) is 16.8 Å². The minimum atomic E-state index is -0.605. The van der Waals surface area contributed by atoms with Gasteiger partial charge in [-0.05, 0) is 56.2 Å². The number of ether oxygens (including phenoxy) is 1. The number of fused-ring (bicyclic) bond motifs is 1. The zero-order valence-corrected chi connectivity index (χ0v) is 14.0. The van der Waals surface area contributed by atoms with E-state index in [9.17, 15) is 9.59 Å². The fourth-order valence-corrected chi connectivity index (χ4v) is 2.75. The molecule has 0 fully saturated rings. The van der Waals surface area contributed by atoms with Crippen molar-refractivity contribution in [2.45, 2.75) is 26.9 Å². The van der Waals surface area contributed by atoms with E-state index in [-0.39, 0.29) is 18.4 Å². The fourth-order valence-electron chi connectivity index (χ4n) is 2.75. The average molecular weight is 324 g/mol. The van der Waals surface area contributed by atoms with Crippen molar-refractivity contribution in [3.8, 4) is 5.75 Å². The second-order valence-corrected chi connectivity index (χ2v) is 6.07. The number of amides is 2. The summed E-state index contributed by atoms with van der Waals surface area (Å²) in [6.07, 6.45) is -0.605. The Labute approximate surface area is 141 Å². The number of nitrogens with zero attached hydrogens (tertiary/aromatic N) is 1. The highest BCUT2D eigenvalue weighted by Crippen LogP contribution is 2.34. The Bertz CT molecular complexity index is 801. The van der Waals surface area contributed by atoms with Crippen LogP contribution in [0.4, 0.5) is 11.4 Å². The van der Waals surface area contributed by atoms with Crippen LogP contribution in [0.15, 0.2) is 42.5 Å². The number of hydrogen-bond acceptors (Lipinski definition) is 3. The lowest BCUT2D eigenvalue weighted by Gasteiger charge is -2.32. The first-order chi connectivity index (χ1) is 11.4. The predicted molar refractivity (Wildman–Crippen MR) is 93.4 cm³/mol. The van der Waals surface area contributed by atoms with E-state index in [1.54, 1.807) is 6.92 Å². The van der Waals surface area contributed by atoms with Crippen molar-refractivity contribution in [1.82, 2.24) is 0 Å². The summed E-state index contributed by atoms with van der Waals surface area (Å²) in [5, 5.41) is 2.84. The Morgan fingerprint density at radius 1 is 1.17 bits per heavy atom. The van der Waals surface area contributed by atoms with Crippen LogP contribution < -0.4 is 15.0 Å². The molecule has 0 bridgehead atoms. The molecule has 0 aliphatic carbocycles. The molecular formula is C19H20N2O3. The molecule has 1 heterocycles. The molecule has 5 nitrogen and oxygen atoms in total. The number of anilines is 2. The topological polar surface area (TPSA) is 58.6 Å². The van der Waals surface area contributed by atoms with Gasteiger partial charge in [0.1, 0.15) is 12.3 Å². The second-order valence-electron chi connectivity index (χ2n) is 6.07. The van der Waals surface area contributed by atoms with Crippen LogP contribution in [0.3, 0.4) is 0 Å². The normalized spacial score (nSPS) is 16.4. The van der Waals surface area contributed by atoms with Gasteiger partial charge in [-0.15, -0.1) is 0 Å². The van der Waals surface area contributed by atoms with Gasteiger partial charge in [-0.1, -0.05) is 18.2 Å². The smallest absolute Gasteiger partial charge is 0.268 e. The summed E-state index contributed by atoms with van der Waals surface area (Å²) in [5.74, 6) is 0.166. The van der Waals surface area contributed by atoms with Crippen molar-refractivity contribution in [3.05, 3.63) is 53.6 Å². The maximum Gasteiger partial charge on any atom is 0.268 e. The molecule has 2 aromatic carbocycles. The molecule has 2 amide bonds. The molecule has 0 aromatic heterocycles. The van der Waals surface area contributed by atoms with Crippen molar-refractivity contribution < 1.29 is 14.3 Å². The SMILES string of the molecule is Cc1cccc(NC(=O)CN2C(=O)C(C)Oc3ccc(C)cc32)c1. The summed E-state index contributed by atoms with van der Waals surface area (Å²) >= 11 is 0. The zero-order valence-electron chi connectivity index (χ0n) is 14.0. The molecule has 1 aliphatic rings. The van der Waals surface area contributed by atoms with Crippen LogP contribution in [0.1, 0.15) is 18.1 Å². The summed E-state index contributed by atoms with van der Waals surface area (Å²) in [4.78, 5) is 26.3. The van der Waals surface area contributed by atoms with Crippen molar-refractivity contribution in [2.75, 3.05) is 16.8 Å². The first kappa shape index (κ1) is 16.1.